The van der Waals surface area contributed by atoms with E-state index in [1.165, 1.54) is 24.3 Å². The molecule has 2 amide bonds. The Hall–Kier alpha value is -3.05. The molecule has 4 N–H and O–H groups in total. The fraction of sp³-hybridized carbons (Fsp3) is 0.316. The number of alkyl halides is 2. The molecule has 11 heteroatoms. The summed E-state index contributed by atoms with van der Waals surface area (Å²) in [7, 11) is 0. The van der Waals surface area contributed by atoms with Crippen LogP contribution < -0.4 is 16.2 Å². The normalized spacial score (nSPS) is 12.4. The Bertz CT molecular complexity index is 1100. The van der Waals surface area contributed by atoms with Crippen LogP contribution in [0.1, 0.15) is 38.2 Å². The van der Waals surface area contributed by atoms with Crippen molar-refractivity contribution in [1.82, 2.24) is 4.98 Å². The topological polar surface area (TPSA) is 131 Å². The van der Waals surface area contributed by atoms with Gasteiger partial charge in [-0.25, -0.2) is 4.98 Å². The Morgan fingerprint density at radius 1 is 1.27 bits per heavy atom. The molecule has 1 aromatic carbocycles. The number of benzene rings is 1. The lowest BCUT2D eigenvalue weighted by atomic mass is 9.92. The third-order valence-electron chi connectivity index (χ3n) is 4.56. The molecule has 8 nitrogen and oxygen atoms in total. The number of fused-ring (bicyclic) bond motifs is 1. The van der Waals surface area contributed by atoms with Crippen molar-refractivity contribution >= 4 is 34.1 Å². The third-order valence-corrected chi connectivity index (χ3v) is 5.47. The van der Waals surface area contributed by atoms with Crippen molar-refractivity contribution in [3.8, 4) is 5.75 Å². The molecule has 0 aliphatic heterocycles. The van der Waals surface area contributed by atoms with E-state index in [0.717, 1.165) is 10.6 Å². The Morgan fingerprint density at radius 3 is 2.57 bits per heavy atom. The SMILES string of the molecule is Cc1ncsc1COc1ccc2oc(C)c(C(N)=O)c2c1C(COC(F)F)C(N)=O. The fourth-order valence-corrected chi connectivity index (χ4v) is 3.86. The zero-order valence-corrected chi connectivity index (χ0v) is 16.9. The van der Waals surface area contributed by atoms with Crippen LogP contribution in [0.3, 0.4) is 0 Å². The zero-order chi connectivity index (χ0) is 22.0. The number of halogens is 2. The van der Waals surface area contributed by atoms with Gasteiger partial charge < -0.3 is 25.4 Å². The van der Waals surface area contributed by atoms with Crippen molar-refractivity contribution in [2.45, 2.75) is 33.0 Å². The standard InChI is InChI=1S/C19H19F2N3O5S/c1-8-13(30-7-24-8)6-27-11-3-4-12-16(14(18(23)26)9(2)29-12)15(11)10(17(22)25)5-28-19(20)21/h3-4,7,10,19H,5-6H2,1-2H3,(H2,22,25)(H2,23,26). The molecule has 2 aromatic heterocycles. The van der Waals surface area contributed by atoms with Crippen LogP contribution in [0.5, 0.6) is 5.75 Å². The van der Waals surface area contributed by atoms with Gasteiger partial charge >= 0.3 is 6.61 Å². The number of aryl methyl sites for hydroxylation is 2. The smallest absolute Gasteiger partial charge is 0.345 e. The third kappa shape index (κ3) is 4.26. The van der Waals surface area contributed by atoms with E-state index in [9.17, 15) is 18.4 Å². The van der Waals surface area contributed by atoms with Crippen LogP contribution in [0.2, 0.25) is 0 Å². The van der Waals surface area contributed by atoms with Crippen molar-refractivity contribution in [1.29, 1.82) is 0 Å². The lowest BCUT2D eigenvalue weighted by Gasteiger charge is -2.19. The Labute approximate surface area is 173 Å². The number of furan rings is 1. The number of thiazole rings is 1. The van der Waals surface area contributed by atoms with Crippen molar-refractivity contribution in [3.63, 3.8) is 0 Å². The van der Waals surface area contributed by atoms with Crippen molar-refractivity contribution < 1.29 is 32.3 Å². The summed E-state index contributed by atoms with van der Waals surface area (Å²) in [5.41, 5.74) is 13.8. The van der Waals surface area contributed by atoms with E-state index in [2.05, 4.69) is 9.72 Å². The lowest BCUT2D eigenvalue weighted by Crippen LogP contribution is -2.27. The van der Waals surface area contributed by atoms with Gasteiger partial charge in [0.2, 0.25) is 5.91 Å². The summed E-state index contributed by atoms with van der Waals surface area (Å²) in [6.07, 6.45) is 0. The second-order valence-electron chi connectivity index (χ2n) is 6.45. The number of amides is 2. The van der Waals surface area contributed by atoms with E-state index >= 15 is 0 Å². The lowest BCUT2D eigenvalue weighted by molar-refractivity contribution is -0.140. The van der Waals surface area contributed by atoms with Crippen LogP contribution in [0.25, 0.3) is 11.0 Å². The summed E-state index contributed by atoms with van der Waals surface area (Å²) < 4.78 is 41.2. The van der Waals surface area contributed by atoms with Crippen molar-refractivity contribution in [3.05, 3.63) is 45.1 Å². The van der Waals surface area contributed by atoms with Gasteiger partial charge in [-0.1, -0.05) is 0 Å². The van der Waals surface area contributed by atoms with Crippen molar-refractivity contribution in [2.75, 3.05) is 6.61 Å². The number of primary amides is 2. The molecule has 0 spiro atoms. The molecule has 0 saturated carbocycles. The summed E-state index contributed by atoms with van der Waals surface area (Å²) in [5, 5.41) is 0.181. The van der Waals surface area contributed by atoms with Gasteiger partial charge in [0.05, 0.1) is 34.2 Å². The number of aromatic nitrogens is 1. The van der Waals surface area contributed by atoms with Crippen LogP contribution in [0, 0.1) is 13.8 Å². The number of carbonyl (C=O) groups excluding carboxylic acids is 2. The number of carbonyl (C=O) groups is 2. The number of nitrogens with zero attached hydrogens (tertiary/aromatic N) is 1. The molecule has 160 valence electrons. The highest BCUT2D eigenvalue weighted by Gasteiger charge is 2.31. The first kappa shape index (κ1) is 21.7. The Morgan fingerprint density at radius 2 is 2.00 bits per heavy atom. The summed E-state index contributed by atoms with van der Waals surface area (Å²) in [5.74, 6) is -2.69. The Kier molecular flexibility index (Phi) is 6.32. The highest BCUT2D eigenvalue weighted by Crippen LogP contribution is 2.39. The number of hydrogen-bond acceptors (Lipinski definition) is 7. The average Bonchev–Trinajstić information content (AvgIpc) is 3.22. The molecule has 0 fully saturated rings. The highest BCUT2D eigenvalue weighted by molar-refractivity contribution is 7.09. The molecule has 0 aliphatic rings. The number of hydrogen-bond donors (Lipinski definition) is 2. The van der Waals surface area contributed by atoms with Crippen LogP contribution in [0.4, 0.5) is 8.78 Å². The van der Waals surface area contributed by atoms with E-state index in [0.29, 0.717) is 0 Å². The van der Waals surface area contributed by atoms with E-state index in [4.69, 9.17) is 20.6 Å². The molecular weight excluding hydrogens is 420 g/mol. The molecule has 2 heterocycles. The van der Waals surface area contributed by atoms with E-state index in [-0.39, 0.29) is 40.2 Å². The second-order valence-corrected chi connectivity index (χ2v) is 7.39. The van der Waals surface area contributed by atoms with Gasteiger partial charge in [0, 0.05) is 10.9 Å². The average molecular weight is 439 g/mol. The molecule has 0 radical (unpaired) electrons. The second kappa shape index (κ2) is 8.76. The summed E-state index contributed by atoms with van der Waals surface area (Å²) in [6, 6.07) is 3.05. The maximum atomic E-state index is 12.7. The quantitative estimate of drug-likeness (QED) is 0.527. The van der Waals surface area contributed by atoms with Gasteiger partial charge in [0.1, 0.15) is 23.7 Å². The summed E-state index contributed by atoms with van der Waals surface area (Å²) >= 11 is 1.38. The summed E-state index contributed by atoms with van der Waals surface area (Å²) in [6.45, 7) is -0.382. The van der Waals surface area contributed by atoms with Crippen LogP contribution >= 0.6 is 11.3 Å². The van der Waals surface area contributed by atoms with E-state index in [1.807, 2.05) is 6.92 Å². The fourth-order valence-electron chi connectivity index (χ4n) is 3.17. The van der Waals surface area contributed by atoms with E-state index in [1.54, 1.807) is 11.6 Å². The van der Waals surface area contributed by atoms with Crippen molar-refractivity contribution in [2.24, 2.45) is 11.5 Å². The minimum atomic E-state index is -3.11. The van der Waals surface area contributed by atoms with Crippen LogP contribution in [0.15, 0.2) is 22.1 Å². The number of rotatable bonds is 9. The van der Waals surface area contributed by atoms with Gasteiger partial charge in [0.15, 0.2) is 0 Å². The molecule has 0 saturated heterocycles. The molecule has 3 rings (SSSR count). The first-order chi connectivity index (χ1) is 14.2. The largest absolute Gasteiger partial charge is 0.488 e. The number of ether oxygens (including phenoxy) is 2. The number of nitrogens with two attached hydrogens (primary N) is 2. The molecule has 0 bridgehead atoms. The first-order valence-corrected chi connectivity index (χ1v) is 9.65. The van der Waals surface area contributed by atoms with Gasteiger partial charge in [0.25, 0.3) is 5.91 Å². The minimum Gasteiger partial charge on any atom is -0.488 e. The minimum absolute atomic E-state index is 0.0164. The molecule has 1 atom stereocenters. The predicted octanol–water partition coefficient (Wildman–Crippen LogP) is 2.99. The first-order valence-electron chi connectivity index (χ1n) is 8.77. The summed E-state index contributed by atoms with van der Waals surface area (Å²) in [4.78, 5) is 29.2. The van der Waals surface area contributed by atoms with E-state index < -0.39 is 31.0 Å². The molecule has 1 unspecified atom stereocenters. The van der Waals surface area contributed by atoms with Crippen LogP contribution in [-0.2, 0) is 16.1 Å². The zero-order valence-electron chi connectivity index (χ0n) is 16.1. The van der Waals surface area contributed by atoms with Gasteiger partial charge in [-0.3, -0.25) is 9.59 Å². The highest BCUT2D eigenvalue weighted by atomic mass is 32.1. The molecule has 30 heavy (non-hydrogen) atoms. The maximum Gasteiger partial charge on any atom is 0.345 e. The predicted molar refractivity (Wildman–Crippen MR) is 105 cm³/mol. The molecule has 3 aromatic rings. The molecule has 0 aliphatic carbocycles. The molecular formula is C19H19F2N3O5S. The van der Waals surface area contributed by atoms with Gasteiger partial charge in [-0.2, -0.15) is 8.78 Å². The maximum absolute atomic E-state index is 12.7. The van der Waals surface area contributed by atoms with Crippen LogP contribution in [-0.4, -0.2) is 30.0 Å². The Balaban J connectivity index is 2.17. The van der Waals surface area contributed by atoms with Gasteiger partial charge in [-0.15, -0.1) is 11.3 Å². The van der Waals surface area contributed by atoms with Gasteiger partial charge in [-0.05, 0) is 26.0 Å². The monoisotopic (exact) mass is 439 g/mol.